The predicted molar refractivity (Wildman–Crippen MR) is 74.2 cm³/mol. The molecule has 0 saturated heterocycles. The lowest BCUT2D eigenvalue weighted by Crippen LogP contribution is -2.24. The van der Waals surface area contributed by atoms with Gasteiger partial charge in [-0.25, -0.2) is 4.98 Å². The van der Waals surface area contributed by atoms with Gasteiger partial charge in [0.1, 0.15) is 11.5 Å². The van der Waals surface area contributed by atoms with Gasteiger partial charge in [-0.2, -0.15) is 0 Å². The zero-order valence-electron chi connectivity index (χ0n) is 10.4. The van der Waals surface area contributed by atoms with Gasteiger partial charge in [-0.1, -0.05) is 23.7 Å². The van der Waals surface area contributed by atoms with E-state index in [1.54, 1.807) is 25.4 Å². The Hall–Kier alpha value is -2.14. The lowest BCUT2D eigenvalue weighted by molar-refractivity contribution is 0.0945. The Morgan fingerprint density at radius 1 is 1.26 bits per heavy atom. The van der Waals surface area contributed by atoms with Gasteiger partial charge in [0.05, 0.1) is 12.4 Å². The molecule has 1 amide bonds. The number of hydrogen-bond acceptors (Lipinski definition) is 4. The number of nitrogens with one attached hydrogen (secondary N) is 2. The highest BCUT2D eigenvalue weighted by molar-refractivity contribution is 6.30. The van der Waals surface area contributed by atoms with Crippen LogP contribution < -0.4 is 10.6 Å². The van der Waals surface area contributed by atoms with Crippen LogP contribution >= 0.6 is 11.6 Å². The summed E-state index contributed by atoms with van der Waals surface area (Å²) >= 11 is 5.79. The van der Waals surface area contributed by atoms with E-state index in [0.717, 1.165) is 5.56 Å². The van der Waals surface area contributed by atoms with Crippen molar-refractivity contribution in [2.24, 2.45) is 0 Å². The van der Waals surface area contributed by atoms with Gasteiger partial charge in [0.15, 0.2) is 0 Å². The first kappa shape index (κ1) is 13.3. The molecular weight excluding hydrogens is 264 g/mol. The summed E-state index contributed by atoms with van der Waals surface area (Å²) in [6.07, 6.45) is 2.98. The molecule has 0 saturated carbocycles. The third-order valence-electron chi connectivity index (χ3n) is 2.49. The van der Waals surface area contributed by atoms with Crippen LogP contribution in [0.15, 0.2) is 36.7 Å². The molecule has 0 aliphatic rings. The number of benzene rings is 1. The Morgan fingerprint density at radius 2 is 2.00 bits per heavy atom. The van der Waals surface area contributed by atoms with E-state index < -0.39 is 0 Å². The summed E-state index contributed by atoms with van der Waals surface area (Å²) in [6.45, 7) is 0.418. The molecule has 0 aliphatic carbocycles. The van der Waals surface area contributed by atoms with Crippen molar-refractivity contribution in [3.05, 3.63) is 52.9 Å². The monoisotopic (exact) mass is 276 g/mol. The second-order valence-corrected chi connectivity index (χ2v) is 4.29. The van der Waals surface area contributed by atoms with Crippen LogP contribution in [0.4, 0.5) is 5.82 Å². The quantitative estimate of drug-likeness (QED) is 0.897. The minimum Gasteiger partial charge on any atom is -0.372 e. The maximum Gasteiger partial charge on any atom is 0.271 e. The van der Waals surface area contributed by atoms with Crippen LogP contribution in [0, 0.1) is 0 Å². The summed E-state index contributed by atoms with van der Waals surface area (Å²) in [5.41, 5.74) is 1.25. The maximum absolute atomic E-state index is 11.9. The van der Waals surface area contributed by atoms with Crippen LogP contribution in [-0.2, 0) is 6.54 Å². The first-order valence-electron chi connectivity index (χ1n) is 5.71. The smallest absolute Gasteiger partial charge is 0.271 e. The van der Waals surface area contributed by atoms with Crippen molar-refractivity contribution in [2.45, 2.75) is 6.54 Å². The van der Waals surface area contributed by atoms with Gasteiger partial charge in [-0.3, -0.25) is 9.78 Å². The molecule has 1 aromatic heterocycles. The molecule has 0 atom stereocenters. The summed E-state index contributed by atoms with van der Waals surface area (Å²) in [6, 6.07) is 7.28. The van der Waals surface area contributed by atoms with Crippen molar-refractivity contribution in [3.8, 4) is 0 Å². The lowest BCUT2D eigenvalue weighted by atomic mass is 10.2. The van der Waals surface area contributed by atoms with Gasteiger partial charge >= 0.3 is 0 Å². The topological polar surface area (TPSA) is 66.9 Å². The molecule has 0 fully saturated rings. The number of aromatic nitrogens is 2. The molecule has 0 aliphatic heterocycles. The lowest BCUT2D eigenvalue weighted by Gasteiger charge is -2.06. The van der Waals surface area contributed by atoms with Gasteiger partial charge in [0, 0.05) is 18.6 Å². The Kier molecular flexibility index (Phi) is 4.30. The van der Waals surface area contributed by atoms with E-state index in [4.69, 9.17) is 11.6 Å². The van der Waals surface area contributed by atoms with Crippen LogP contribution in [0.25, 0.3) is 0 Å². The summed E-state index contributed by atoms with van der Waals surface area (Å²) in [5, 5.41) is 6.28. The predicted octanol–water partition coefficient (Wildman–Crippen LogP) is 2.10. The second kappa shape index (κ2) is 6.15. The molecule has 0 spiro atoms. The van der Waals surface area contributed by atoms with Crippen LogP contribution in [0.2, 0.25) is 5.02 Å². The molecule has 0 bridgehead atoms. The van der Waals surface area contributed by atoms with Crippen LogP contribution in [0.5, 0.6) is 0 Å². The number of rotatable bonds is 4. The third-order valence-corrected chi connectivity index (χ3v) is 2.74. The zero-order valence-corrected chi connectivity index (χ0v) is 11.1. The van der Waals surface area contributed by atoms with E-state index in [9.17, 15) is 4.79 Å². The standard InChI is InChI=1S/C13H13ClN4O/c1-15-12-8-16-7-11(18-12)13(19)17-6-9-2-4-10(14)5-3-9/h2-5,7-8H,6H2,1H3,(H,15,18)(H,17,19). The van der Waals surface area contributed by atoms with Gasteiger partial charge in [-0.15, -0.1) is 0 Å². The number of carbonyl (C=O) groups is 1. The van der Waals surface area contributed by atoms with E-state index in [0.29, 0.717) is 17.4 Å². The maximum atomic E-state index is 11.9. The normalized spacial score (nSPS) is 10.0. The minimum absolute atomic E-state index is 0.264. The highest BCUT2D eigenvalue weighted by Gasteiger charge is 2.08. The number of nitrogens with zero attached hydrogens (tertiary/aromatic N) is 2. The number of hydrogen-bond donors (Lipinski definition) is 2. The summed E-state index contributed by atoms with van der Waals surface area (Å²) in [5.74, 6) is 0.290. The third kappa shape index (κ3) is 3.66. The van der Waals surface area contributed by atoms with Crippen molar-refractivity contribution in [1.29, 1.82) is 0 Å². The molecule has 2 N–H and O–H groups in total. The minimum atomic E-state index is -0.264. The van der Waals surface area contributed by atoms with Crippen molar-refractivity contribution < 1.29 is 4.79 Å². The molecule has 5 nitrogen and oxygen atoms in total. The van der Waals surface area contributed by atoms with E-state index >= 15 is 0 Å². The van der Waals surface area contributed by atoms with Gasteiger partial charge < -0.3 is 10.6 Å². The molecule has 0 radical (unpaired) electrons. The Bertz CT molecular complexity index is 571. The summed E-state index contributed by atoms with van der Waals surface area (Å²) in [7, 11) is 1.72. The Balaban J connectivity index is 1.99. The van der Waals surface area contributed by atoms with Crippen molar-refractivity contribution in [2.75, 3.05) is 12.4 Å². The molecule has 1 aromatic carbocycles. The van der Waals surface area contributed by atoms with Gasteiger partial charge in [0.2, 0.25) is 0 Å². The van der Waals surface area contributed by atoms with Crippen LogP contribution in [0.1, 0.15) is 16.1 Å². The molecule has 1 heterocycles. The van der Waals surface area contributed by atoms with E-state index in [2.05, 4.69) is 20.6 Å². The first-order valence-corrected chi connectivity index (χ1v) is 6.09. The SMILES string of the molecule is CNc1cncc(C(=O)NCc2ccc(Cl)cc2)n1. The van der Waals surface area contributed by atoms with Gasteiger partial charge in [-0.05, 0) is 17.7 Å². The first-order chi connectivity index (χ1) is 9.19. The summed E-state index contributed by atoms with van der Waals surface area (Å²) < 4.78 is 0. The fourth-order valence-electron chi connectivity index (χ4n) is 1.47. The largest absolute Gasteiger partial charge is 0.372 e. The van der Waals surface area contributed by atoms with E-state index in [1.165, 1.54) is 6.20 Å². The fourth-order valence-corrected chi connectivity index (χ4v) is 1.60. The van der Waals surface area contributed by atoms with Crippen molar-refractivity contribution >= 4 is 23.3 Å². The Labute approximate surface area is 116 Å². The molecule has 2 rings (SSSR count). The van der Waals surface area contributed by atoms with Crippen molar-refractivity contribution in [1.82, 2.24) is 15.3 Å². The van der Waals surface area contributed by atoms with Crippen LogP contribution in [-0.4, -0.2) is 22.9 Å². The highest BCUT2D eigenvalue weighted by Crippen LogP contribution is 2.09. The molecule has 2 aromatic rings. The molecule has 19 heavy (non-hydrogen) atoms. The van der Waals surface area contributed by atoms with Crippen LogP contribution in [0.3, 0.4) is 0 Å². The second-order valence-electron chi connectivity index (χ2n) is 3.85. The van der Waals surface area contributed by atoms with Gasteiger partial charge in [0.25, 0.3) is 5.91 Å². The Morgan fingerprint density at radius 3 is 2.68 bits per heavy atom. The fraction of sp³-hybridized carbons (Fsp3) is 0.154. The molecular formula is C13H13ClN4O. The number of amides is 1. The number of anilines is 1. The number of halogens is 1. The average Bonchev–Trinajstić information content (AvgIpc) is 2.46. The highest BCUT2D eigenvalue weighted by atomic mass is 35.5. The zero-order chi connectivity index (χ0) is 13.7. The molecule has 0 unspecified atom stereocenters. The molecule has 98 valence electrons. The molecule has 6 heteroatoms. The summed E-state index contributed by atoms with van der Waals surface area (Å²) in [4.78, 5) is 19.9. The van der Waals surface area contributed by atoms with E-state index in [1.807, 2.05) is 12.1 Å². The van der Waals surface area contributed by atoms with Crippen molar-refractivity contribution in [3.63, 3.8) is 0 Å². The average molecular weight is 277 g/mol. The van der Waals surface area contributed by atoms with E-state index in [-0.39, 0.29) is 11.6 Å². The number of carbonyl (C=O) groups excluding carboxylic acids is 1.